The van der Waals surface area contributed by atoms with Crippen molar-refractivity contribution in [1.82, 2.24) is 10.6 Å². The highest BCUT2D eigenvalue weighted by molar-refractivity contribution is 7.80. The van der Waals surface area contributed by atoms with Gasteiger partial charge >= 0.3 is 5.97 Å². The van der Waals surface area contributed by atoms with Gasteiger partial charge in [-0.25, -0.2) is 4.79 Å². The van der Waals surface area contributed by atoms with Crippen molar-refractivity contribution in [2.45, 2.75) is 26.5 Å². The molecule has 1 aliphatic rings. The zero-order chi connectivity index (χ0) is 17.1. The molecule has 0 radical (unpaired) electrons. The number of ether oxygens (including phenoxy) is 1. The molecule has 0 unspecified atom stereocenters. The van der Waals surface area contributed by atoms with E-state index in [-0.39, 0.29) is 18.6 Å². The number of hydrogen-bond acceptors (Lipinski definition) is 4. The quantitative estimate of drug-likeness (QED) is 0.646. The van der Waals surface area contributed by atoms with Crippen LogP contribution in [0.4, 0.5) is 0 Å². The summed E-state index contributed by atoms with van der Waals surface area (Å²) in [4.78, 5) is 13.8. The van der Waals surface area contributed by atoms with E-state index in [2.05, 4.69) is 10.6 Å². The zero-order valence-electron chi connectivity index (χ0n) is 13.5. The van der Waals surface area contributed by atoms with Gasteiger partial charge in [0.1, 0.15) is 6.61 Å². The Bertz CT molecular complexity index is 796. The van der Waals surface area contributed by atoms with Crippen LogP contribution in [-0.2, 0) is 16.1 Å². The van der Waals surface area contributed by atoms with Crippen molar-refractivity contribution in [3.05, 3.63) is 69.1 Å². The molecule has 1 aromatic heterocycles. The van der Waals surface area contributed by atoms with E-state index in [1.807, 2.05) is 55.6 Å². The molecule has 0 saturated carbocycles. The molecule has 124 valence electrons. The monoisotopic (exact) mass is 358 g/mol. The molecule has 24 heavy (non-hydrogen) atoms. The molecule has 0 amide bonds. The average Bonchev–Trinajstić information content (AvgIpc) is 2.99. The smallest absolute Gasteiger partial charge is 0.338 e. The van der Waals surface area contributed by atoms with E-state index in [1.54, 1.807) is 11.3 Å². The minimum Gasteiger partial charge on any atom is -0.457 e. The van der Waals surface area contributed by atoms with Crippen molar-refractivity contribution in [2.75, 3.05) is 0 Å². The largest absolute Gasteiger partial charge is 0.457 e. The van der Waals surface area contributed by atoms with E-state index >= 15 is 0 Å². The number of rotatable bonds is 4. The molecule has 0 bridgehead atoms. The van der Waals surface area contributed by atoms with E-state index in [0.29, 0.717) is 10.7 Å². The Hall–Kier alpha value is -2.18. The van der Waals surface area contributed by atoms with E-state index in [4.69, 9.17) is 17.0 Å². The highest BCUT2D eigenvalue weighted by Crippen LogP contribution is 2.33. The van der Waals surface area contributed by atoms with Gasteiger partial charge in [-0.1, -0.05) is 30.3 Å². The minimum atomic E-state index is -0.336. The second-order valence-corrected chi connectivity index (χ2v) is 6.96. The number of hydrogen-bond donors (Lipinski definition) is 2. The van der Waals surface area contributed by atoms with Crippen molar-refractivity contribution in [2.24, 2.45) is 0 Å². The van der Waals surface area contributed by atoms with E-state index in [1.165, 1.54) is 0 Å². The fourth-order valence-corrected chi connectivity index (χ4v) is 3.90. The maximum atomic E-state index is 12.7. The van der Waals surface area contributed by atoms with Crippen molar-refractivity contribution < 1.29 is 9.53 Å². The van der Waals surface area contributed by atoms with Crippen molar-refractivity contribution in [3.63, 3.8) is 0 Å². The van der Waals surface area contributed by atoms with E-state index in [9.17, 15) is 4.79 Å². The van der Waals surface area contributed by atoms with Crippen LogP contribution in [0.15, 0.2) is 53.0 Å². The lowest BCUT2D eigenvalue weighted by molar-refractivity contribution is -0.140. The standard InChI is InChI=1S/C18H18N2O2S2/c1-11-8-9-24-16(11)15-14(12(2)19-18(23)20-15)17(21)22-10-13-6-4-3-5-7-13/h3-9,15H,10H2,1-2H3,(H2,19,20,23)/t15-/m0/s1. The number of carbonyl (C=O) groups excluding carboxylic acids is 1. The molecule has 1 aromatic carbocycles. The van der Waals surface area contributed by atoms with Crippen LogP contribution in [0, 0.1) is 6.92 Å². The zero-order valence-corrected chi connectivity index (χ0v) is 15.1. The van der Waals surface area contributed by atoms with Gasteiger partial charge in [-0.05, 0) is 48.6 Å². The Morgan fingerprint density at radius 3 is 2.67 bits per heavy atom. The lowest BCUT2D eigenvalue weighted by Crippen LogP contribution is -2.45. The predicted octanol–water partition coefficient (Wildman–Crippen LogP) is 3.59. The molecule has 2 N–H and O–H groups in total. The van der Waals surface area contributed by atoms with Gasteiger partial charge in [-0.15, -0.1) is 11.3 Å². The summed E-state index contributed by atoms with van der Waals surface area (Å²) in [7, 11) is 0. The van der Waals surface area contributed by atoms with Gasteiger partial charge in [-0.2, -0.15) is 0 Å². The van der Waals surface area contributed by atoms with Crippen LogP contribution in [0.25, 0.3) is 0 Å². The minimum absolute atomic E-state index is 0.247. The van der Waals surface area contributed by atoms with Gasteiger partial charge < -0.3 is 15.4 Å². The lowest BCUT2D eigenvalue weighted by Gasteiger charge is -2.29. The van der Waals surface area contributed by atoms with Crippen molar-refractivity contribution in [3.8, 4) is 0 Å². The molecule has 3 rings (SSSR count). The molecule has 0 spiro atoms. The van der Waals surface area contributed by atoms with Crippen LogP contribution in [0.3, 0.4) is 0 Å². The Morgan fingerprint density at radius 1 is 1.25 bits per heavy atom. The fraction of sp³-hybridized carbons (Fsp3) is 0.222. The molecule has 0 saturated heterocycles. The summed E-state index contributed by atoms with van der Waals surface area (Å²) in [5.74, 6) is -0.336. The molecule has 1 aliphatic heterocycles. The predicted molar refractivity (Wildman–Crippen MR) is 99.6 cm³/mol. The Labute approximate surface area is 150 Å². The number of carbonyl (C=O) groups is 1. The van der Waals surface area contributed by atoms with Crippen molar-refractivity contribution >= 4 is 34.6 Å². The number of esters is 1. The molecular weight excluding hydrogens is 340 g/mol. The summed E-state index contributed by atoms with van der Waals surface area (Å²) >= 11 is 6.86. The van der Waals surface area contributed by atoms with Gasteiger partial charge in [0.2, 0.25) is 0 Å². The highest BCUT2D eigenvalue weighted by Gasteiger charge is 2.32. The third kappa shape index (κ3) is 3.49. The molecule has 0 aliphatic carbocycles. The summed E-state index contributed by atoms with van der Waals surface area (Å²) in [6, 6.07) is 11.4. The van der Waals surface area contributed by atoms with Crippen LogP contribution in [0.5, 0.6) is 0 Å². The van der Waals surface area contributed by atoms with Crippen LogP contribution in [0.1, 0.15) is 29.0 Å². The lowest BCUT2D eigenvalue weighted by atomic mass is 10.00. The maximum Gasteiger partial charge on any atom is 0.338 e. The average molecular weight is 358 g/mol. The van der Waals surface area contributed by atoms with Gasteiger partial charge in [0.15, 0.2) is 5.11 Å². The Morgan fingerprint density at radius 2 is 2.00 bits per heavy atom. The molecule has 2 heterocycles. The normalized spacial score (nSPS) is 17.2. The van der Waals surface area contributed by atoms with Crippen LogP contribution < -0.4 is 10.6 Å². The third-order valence-corrected chi connectivity index (χ3v) is 5.17. The first-order valence-corrected chi connectivity index (χ1v) is 8.88. The summed E-state index contributed by atoms with van der Waals surface area (Å²) in [6.45, 7) is 4.13. The number of thiophene rings is 1. The first-order valence-electron chi connectivity index (χ1n) is 7.59. The van der Waals surface area contributed by atoms with E-state index in [0.717, 1.165) is 21.7 Å². The topological polar surface area (TPSA) is 50.4 Å². The molecule has 0 fully saturated rings. The molecular formula is C18H18N2O2S2. The number of thiocarbonyl (C=S) groups is 1. The summed E-state index contributed by atoms with van der Waals surface area (Å²) in [6.07, 6.45) is 0. The number of nitrogens with one attached hydrogen (secondary N) is 2. The Kier molecular flexibility index (Phi) is 4.97. The van der Waals surface area contributed by atoms with Crippen molar-refractivity contribution in [1.29, 1.82) is 0 Å². The SMILES string of the molecule is CC1=C(C(=O)OCc2ccccc2)[C@@H](c2sccc2C)NC(=S)N1. The molecule has 2 aromatic rings. The van der Waals surface area contributed by atoms with E-state index < -0.39 is 0 Å². The number of allylic oxidation sites excluding steroid dienone is 1. The number of benzene rings is 1. The highest BCUT2D eigenvalue weighted by atomic mass is 32.1. The molecule has 1 atom stereocenters. The van der Waals surface area contributed by atoms with Gasteiger partial charge in [0.25, 0.3) is 0 Å². The summed E-state index contributed by atoms with van der Waals surface area (Å²) in [5.41, 5.74) is 3.39. The van der Waals surface area contributed by atoms with Crippen LogP contribution in [0.2, 0.25) is 0 Å². The van der Waals surface area contributed by atoms with Gasteiger partial charge in [0.05, 0.1) is 11.6 Å². The fourth-order valence-electron chi connectivity index (χ4n) is 2.64. The molecule has 4 nitrogen and oxygen atoms in total. The van der Waals surface area contributed by atoms with Gasteiger partial charge in [-0.3, -0.25) is 0 Å². The maximum absolute atomic E-state index is 12.7. The van der Waals surface area contributed by atoms with Crippen LogP contribution in [-0.4, -0.2) is 11.1 Å². The first-order chi connectivity index (χ1) is 11.6. The van der Waals surface area contributed by atoms with Crippen LogP contribution >= 0.6 is 23.6 Å². The second kappa shape index (κ2) is 7.15. The second-order valence-electron chi connectivity index (χ2n) is 5.60. The molecule has 6 heteroatoms. The summed E-state index contributed by atoms with van der Waals surface area (Å²) < 4.78 is 5.53. The summed E-state index contributed by atoms with van der Waals surface area (Å²) in [5, 5.41) is 8.75. The third-order valence-electron chi connectivity index (χ3n) is 3.87. The number of aryl methyl sites for hydroxylation is 1. The van der Waals surface area contributed by atoms with Gasteiger partial charge in [0, 0.05) is 10.6 Å². The first kappa shape index (κ1) is 16.7. The Balaban J connectivity index is 1.84.